The summed E-state index contributed by atoms with van der Waals surface area (Å²) in [7, 11) is -3.58. The highest BCUT2D eigenvalue weighted by atomic mass is 32.2. The quantitative estimate of drug-likeness (QED) is 0.870. The van der Waals surface area contributed by atoms with Crippen molar-refractivity contribution >= 4 is 10.0 Å². The molecule has 0 aliphatic carbocycles. The zero-order chi connectivity index (χ0) is 14.6. The molecule has 6 heteroatoms. The van der Waals surface area contributed by atoms with Gasteiger partial charge < -0.3 is 5.73 Å². The van der Waals surface area contributed by atoms with Crippen molar-refractivity contribution < 1.29 is 8.42 Å². The van der Waals surface area contributed by atoms with Gasteiger partial charge in [-0.15, -0.1) is 0 Å². The summed E-state index contributed by atoms with van der Waals surface area (Å²) in [5.41, 5.74) is 7.69. The van der Waals surface area contributed by atoms with Gasteiger partial charge in [-0.25, -0.2) is 13.1 Å². The Morgan fingerprint density at radius 1 is 1.15 bits per heavy atom. The van der Waals surface area contributed by atoms with E-state index in [0.717, 1.165) is 5.69 Å². The zero-order valence-corrected chi connectivity index (χ0v) is 12.0. The van der Waals surface area contributed by atoms with Gasteiger partial charge in [0.25, 0.3) is 0 Å². The van der Waals surface area contributed by atoms with Crippen molar-refractivity contribution in [2.45, 2.75) is 24.9 Å². The summed E-state index contributed by atoms with van der Waals surface area (Å²) in [6, 6.07) is 12.2. The molecular formula is C14H17N3O2S. The van der Waals surface area contributed by atoms with Crippen LogP contribution >= 0.6 is 0 Å². The summed E-state index contributed by atoms with van der Waals surface area (Å²) in [6.45, 7) is 2.20. The summed E-state index contributed by atoms with van der Waals surface area (Å²) in [5.74, 6) is 0. The fraction of sp³-hybridized carbons (Fsp3) is 0.214. The third-order valence-electron chi connectivity index (χ3n) is 2.87. The normalized spacial score (nSPS) is 11.5. The second-order valence-corrected chi connectivity index (χ2v) is 6.14. The predicted molar refractivity (Wildman–Crippen MR) is 77.3 cm³/mol. The third-order valence-corrected chi connectivity index (χ3v) is 4.37. The second kappa shape index (κ2) is 6.13. The molecule has 106 valence electrons. The number of nitrogens with one attached hydrogen (secondary N) is 1. The molecule has 0 aliphatic heterocycles. The molecule has 5 nitrogen and oxygen atoms in total. The molecule has 2 aromatic rings. The van der Waals surface area contributed by atoms with Crippen LogP contribution in [0, 0.1) is 6.92 Å². The van der Waals surface area contributed by atoms with Crippen LogP contribution in [0.3, 0.4) is 0 Å². The summed E-state index contributed by atoms with van der Waals surface area (Å²) in [5, 5.41) is 0. The maximum Gasteiger partial charge on any atom is 0.241 e. The number of benzene rings is 1. The van der Waals surface area contributed by atoms with Crippen molar-refractivity contribution in [1.82, 2.24) is 9.71 Å². The number of aryl methyl sites for hydroxylation is 1. The molecule has 3 N–H and O–H groups in total. The number of hydrogen-bond donors (Lipinski definition) is 2. The first-order valence-corrected chi connectivity index (χ1v) is 7.71. The maximum atomic E-state index is 12.3. The average molecular weight is 291 g/mol. The molecule has 20 heavy (non-hydrogen) atoms. The first-order valence-electron chi connectivity index (χ1n) is 6.23. The molecule has 0 atom stereocenters. The summed E-state index contributed by atoms with van der Waals surface area (Å²) >= 11 is 0. The van der Waals surface area contributed by atoms with Gasteiger partial charge in [0.15, 0.2) is 0 Å². The van der Waals surface area contributed by atoms with Crippen LogP contribution in [0.15, 0.2) is 47.4 Å². The van der Waals surface area contributed by atoms with Gasteiger partial charge >= 0.3 is 0 Å². The Kier molecular flexibility index (Phi) is 4.49. The van der Waals surface area contributed by atoms with E-state index in [2.05, 4.69) is 9.71 Å². The van der Waals surface area contributed by atoms with Gasteiger partial charge in [-0.05, 0) is 30.7 Å². The molecular weight excluding hydrogens is 274 g/mol. The molecule has 2 rings (SSSR count). The lowest BCUT2D eigenvalue weighted by molar-refractivity contribution is 0.579. The van der Waals surface area contributed by atoms with Crippen LogP contribution in [-0.2, 0) is 23.1 Å². The molecule has 0 unspecified atom stereocenters. The van der Waals surface area contributed by atoms with Crippen molar-refractivity contribution in [3.05, 3.63) is 59.4 Å². The van der Waals surface area contributed by atoms with E-state index in [1.54, 1.807) is 30.3 Å². The van der Waals surface area contributed by atoms with Crippen LogP contribution in [0.4, 0.5) is 0 Å². The van der Waals surface area contributed by atoms with E-state index in [4.69, 9.17) is 5.73 Å². The number of sulfonamides is 1. The largest absolute Gasteiger partial charge is 0.326 e. The Labute approximate surface area is 118 Å². The highest BCUT2D eigenvalue weighted by molar-refractivity contribution is 7.89. The molecule has 0 amide bonds. The zero-order valence-electron chi connectivity index (χ0n) is 11.2. The SMILES string of the molecule is Cc1cccc(CNS(=O)(=O)c2ccccc2CN)n1. The standard InChI is InChI=1S/C14H17N3O2S/c1-11-5-4-7-13(17-11)10-16-20(18,19)14-8-3-2-6-12(14)9-15/h2-8,16H,9-10,15H2,1H3. The highest BCUT2D eigenvalue weighted by Crippen LogP contribution is 2.14. The lowest BCUT2D eigenvalue weighted by Crippen LogP contribution is -2.25. The highest BCUT2D eigenvalue weighted by Gasteiger charge is 2.17. The minimum Gasteiger partial charge on any atom is -0.326 e. The Morgan fingerprint density at radius 2 is 1.90 bits per heavy atom. The minimum atomic E-state index is -3.58. The van der Waals surface area contributed by atoms with Crippen molar-refractivity contribution in [1.29, 1.82) is 0 Å². The van der Waals surface area contributed by atoms with Crippen LogP contribution in [-0.4, -0.2) is 13.4 Å². The molecule has 0 fully saturated rings. The van der Waals surface area contributed by atoms with Crippen LogP contribution in [0.2, 0.25) is 0 Å². The lowest BCUT2D eigenvalue weighted by Gasteiger charge is -2.10. The summed E-state index contributed by atoms with van der Waals surface area (Å²) < 4.78 is 27.1. The Morgan fingerprint density at radius 3 is 2.60 bits per heavy atom. The molecule has 1 aromatic heterocycles. The molecule has 0 spiro atoms. The van der Waals surface area contributed by atoms with Gasteiger partial charge in [0.1, 0.15) is 0 Å². The molecule has 1 heterocycles. The Bertz CT molecular complexity index is 699. The van der Waals surface area contributed by atoms with Gasteiger partial charge in [0.2, 0.25) is 10.0 Å². The predicted octanol–water partition coefficient (Wildman–Crippen LogP) is 1.33. The number of rotatable bonds is 5. The van der Waals surface area contributed by atoms with E-state index in [1.165, 1.54) is 0 Å². The number of hydrogen-bond acceptors (Lipinski definition) is 4. The van der Waals surface area contributed by atoms with E-state index in [1.807, 2.05) is 19.1 Å². The minimum absolute atomic E-state index is 0.156. The molecule has 0 aliphatic rings. The molecule has 0 radical (unpaired) electrons. The third kappa shape index (κ3) is 3.41. The first kappa shape index (κ1) is 14.6. The fourth-order valence-electron chi connectivity index (χ4n) is 1.88. The van der Waals surface area contributed by atoms with Crippen molar-refractivity contribution in [3.63, 3.8) is 0 Å². The first-order chi connectivity index (χ1) is 9.53. The number of nitrogens with zero attached hydrogens (tertiary/aromatic N) is 1. The smallest absolute Gasteiger partial charge is 0.241 e. The van der Waals surface area contributed by atoms with Gasteiger partial charge in [-0.2, -0.15) is 0 Å². The monoisotopic (exact) mass is 291 g/mol. The number of aromatic nitrogens is 1. The topological polar surface area (TPSA) is 85.1 Å². The summed E-state index contributed by atoms with van der Waals surface area (Å²) in [6.07, 6.45) is 0. The maximum absolute atomic E-state index is 12.3. The van der Waals surface area contributed by atoms with E-state index in [-0.39, 0.29) is 18.0 Å². The van der Waals surface area contributed by atoms with E-state index in [9.17, 15) is 8.42 Å². The van der Waals surface area contributed by atoms with Crippen LogP contribution in [0.25, 0.3) is 0 Å². The number of pyridine rings is 1. The van der Waals surface area contributed by atoms with Crippen molar-refractivity contribution in [2.24, 2.45) is 5.73 Å². The Balaban J connectivity index is 2.19. The van der Waals surface area contributed by atoms with E-state index < -0.39 is 10.0 Å². The fourth-order valence-corrected chi connectivity index (χ4v) is 3.13. The van der Waals surface area contributed by atoms with Crippen molar-refractivity contribution in [2.75, 3.05) is 0 Å². The number of nitrogens with two attached hydrogens (primary N) is 1. The van der Waals surface area contributed by atoms with Crippen LogP contribution < -0.4 is 10.5 Å². The summed E-state index contributed by atoms with van der Waals surface area (Å²) in [4.78, 5) is 4.48. The Hall–Kier alpha value is -1.76. The van der Waals surface area contributed by atoms with Crippen LogP contribution in [0.1, 0.15) is 17.0 Å². The lowest BCUT2D eigenvalue weighted by atomic mass is 10.2. The van der Waals surface area contributed by atoms with Crippen LogP contribution in [0.5, 0.6) is 0 Å². The van der Waals surface area contributed by atoms with Gasteiger partial charge in [-0.3, -0.25) is 4.98 Å². The second-order valence-electron chi connectivity index (χ2n) is 4.41. The van der Waals surface area contributed by atoms with Crippen molar-refractivity contribution in [3.8, 4) is 0 Å². The molecule has 1 aromatic carbocycles. The van der Waals surface area contributed by atoms with E-state index >= 15 is 0 Å². The van der Waals surface area contributed by atoms with Gasteiger partial charge in [0.05, 0.1) is 17.1 Å². The van der Waals surface area contributed by atoms with Gasteiger partial charge in [-0.1, -0.05) is 24.3 Å². The molecule has 0 bridgehead atoms. The molecule has 0 saturated heterocycles. The average Bonchev–Trinajstić information content (AvgIpc) is 2.45. The molecule has 0 saturated carbocycles. The van der Waals surface area contributed by atoms with E-state index in [0.29, 0.717) is 11.3 Å². The van der Waals surface area contributed by atoms with Gasteiger partial charge in [0, 0.05) is 12.2 Å².